The highest BCUT2D eigenvalue weighted by Gasteiger charge is 2.17. The lowest BCUT2D eigenvalue weighted by molar-refractivity contribution is -0.122. The van der Waals surface area contributed by atoms with Crippen molar-refractivity contribution < 1.29 is 4.79 Å². The van der Waals surface area contributed by atoms with Gasteiger partial charge in [-0.1, -0.05) is 25.7 Å². The Labute approximate surface area is 123 Å². The minimum absolute atomic E-state index is 0. The van der Waals surface area contributed by atoms with Crippen molar-refractivity contribution in [3.63, 3.8) is 0 Å². The average Bonchev–Trinajstić information content (AvgIpc) is 2.74. The Hall–Kier alpha value is -0.280. The first-order chi connectivity index (χ1) is 8.84. The quantitative estimate of drug-likeness (QED) is 0.764. The number of halogens is 1. The fourth-order valence-electron chi connectivity index (χ4n) is 3.29. The van der Waals surface area contributed by atoms with Crippen molar-refractivity contribution in [2.24, 2.45) is 5.92 Å². The minimum atomic E-state index is 0. The highest BCUT2D eigenvalue weighted by Crippen LogP contribution is 2.25. The number of carbonyl (C=O) groups is 1. The molecule has 0 radical (unpaired) electrons. The molecule has 1 aliphatic carbocycles. The standard InChI is InChI=1S/C15H28N2O.ClH/c18-15(12-13-6-3-1-2-4-7-13)17-11-9-14-8-5-10-16-14;/h13-14,16H,1-12H2,(H,17,18);1H/t14-;/m1./s1. The van der Waals surface area contributed by atoms with E-state index >= 15 is 0 Å². The molecule has 2 N–H and O–H groups in total. The third-order valence-electron chi connectivity index (χ3n) is 4.43. The van der Waals surface area contributed by atoms with Crippen LogP contribution in [-0.4, -0.2) is 25.0 Å². The number of hydrogen-bond donors (Lipinski definition) is 2. The average molecular weight is 289 g/mol. The smallest absolute Gasteiger partial charge is 0.220 e. The fraction of sp³-hybridized carbons (Fsp3) is 0.933. The molecule has 1 saturated carbocycles. The molecule has 0 unspecified atom stereocenters. The van der Waals surface area contributed by atoms with E-state index in [0.717, 1.165) is 25.9 Å². The Morgan fingerprint density at radius 1 is 1.05 bits per heavy atom. The van der Waals surface area contributed by atoms with E-state index < -0.39 is 0 Å². The predicted octanol–water partition coefficient (Wildman–Crippen LogP) is 3.03. The number of nitrogens with one attached hydrogen (secondary N) is 2. The highest BCUT2D eigenvalue weighted by atomic mass is 35.5. The van der Waals surface area contributed by atoms with Crippen LogP contribution in [0.3, 0.4) is 0 Å². The molecule has 0 spiro atoms. The Kier molecular flexibility index (Phi) is 8.47. The number of amides is 1. The van der Waals surface area contributed by atoms with E-state index in [1.54, 1.807) is 0 Å². The van der Waals surface area contributed by atoms with Crippen molar-refractivity contribution in [2.45, 2.75) is 70.3 Å². The van der Waals surface area contributed by atoms with Crippen LogP contribution in [0.25, 0.3) is 0 Å². The van der Waals surface area contributed by atoms with Gasteiger partial charge >= 0.3 is 0 Å². The van der Waals surface area contributed by atoms with E-state index in [0.29, 0.717) is 12.0 Å². The summed E-state index contributed by atoms with van der Waals surface area (Å²) >= 11 is 0. The first-order valence-electron chi connectivity index (χ1n) is 7.84. The lowest BCUT2D eigenvalue weighted by Gasteiger charge is -2.15. The van der Waals surface area contributed by atoms with Crippen LogP contribution >= 0.6 is 12.4 Å². The number of carbonyl (C=O) groups excluding carboxylic acids is 1. The van der Waals surface area contributed by atoms with Gasteiger partial charge in [-0.2, -0.15) is 0 Å². The van der Waals surface area contributed by atoms with Gasteiger partial charge in [-0.05, 0) is 44.6 Å². The molecule has 0 bridgehead atoms. The maximum atomic E-state index is 11.9. The maximum absolute atomic E-state index is 11.9. The van der Waals surface area contributed by atoms with Crippen LogP contribution in [0, 0.1) is 5.92 Å². The predicted molar refractivity (Wildman–Crippen MR) is 81.7 cm³/mol. The molecule has 1 atom stereocenters. The van der Waals surface area contributed by atoms with Gasteiger partial charge in [-0.25, -0.2) is 0 Å². The topological polar surface area (TPSA) is 41.1 Å². The molecular formula is C15H29ClN2O. The lowest BCUT2D eigenvalue weighted by atomic mass is 9.96. The Bertz CT molecular complexity index is 247. The summed E-state index contributed by atoms with van der Waals surface area (Å²) in [6.07, 6.45) is 12.3. The molecule has 1 amide bonds. The number of rotatable bonds is 5. The van der Waals surface area contributed by atoms with Gasteiger partial charge in [-0.3, -0.25) is 4.79 Å². The van der Waals surface area contributed by atoms with Gasteiger partial charge in [-0.15, -0.1) is 12.4 Å². The molecule has 3 nitrogen and oxygen atoms in total. The summed E-state index contributed by atoms with van der Waals surface area (Å²) in [5.41, 5.74) is 0. The largest absolute Gasteiger partial charge is 0.356 e. The molecule has 0 aromatic heterocycles. The summed E-state index contributed by atoms with van der Waals surface area (Å²) in [7, 11) is 0. The second kappa shape index (κ2) is 9.60. The second-order valence-electron chi connectivity index (χ2n) is 5.99. The SMILES string of the molecule is Cl.O=C(CC1CCCCCC1)NCC[C@H]1CCCN1. The zero-order chi connectivity index (χ0) is 12.6. The van der Waals surface area contributed by atoms with Crippen molar-refractivity contribution in [1.82, 2.24) is 10.6 Å². The summed E-state index contributed by atoms with van der Waals surface area (Å²) in [6.45, 7) is 2.00. The molecule has 0 aromatic rings. The van der Waals surface area contributed by atoms with E-state index in [1.807, 2.05) is 0 Å². The molecule has 19 heavy (non-hydrogen) atoms. The summed E-state index contributed by atoms with van der Waals surface area (Å²) < 4.78 is 0. The molecule has 0 aromatic carbocycles. The van der Waals surface area contributed by atoms with Gasteiger partial charge in [0.2, 0.25) is 5.91 Å². The Morgan fingerprint density at radius 3 is 2.42 bits per heavy atom. The summed E-state index contributed by atoms with van der Waals surface area (Å²) in [5.74, 6) is 0.928. The van der Waals surface area contributed by atoms with Crippen molar-refractivity contribution in [2.75, 3.05) is 13.1 Å². The molecule has 1 heterocycles. The first-order valence-corrected chi connectivity index (χ1v) is 7.84. The molecule has 2 aliphatic rings. The van der Waals surface area contributed by atoms with Crippen molar-refractivity contribution in [1.29, 1.82) is 0 Å². The monoisotopic (exact) mass is 288 g/mol. The lowest BCUT2D eigenvalue weighted by Crippen LogP contribution is -2.31. The van der Waals surface area contributed by atoms with Gasteiger partial charge in [0.1, 0.15) is 0 Å². The molecule has 2 fully saturated rings. The molecular weight excluding hydrogens is 260 g/mol. The molecule has 2 rings (SSSR count). The van der Waals surface area contributed by atoms with Gasteiger partial charge in [0, 0.05) is 19.0 Å². The van der Waals surface area contributed by atoms with Crippen LogP contribution in [0.4, 0.5) is 0 Å². The number of hydrogen-bond acceptors (Lipinski definition) is 2. The van der Waals surface area contributed by atoms with Crippen LogP contribution in [0.5, 0.6) is 0 Å². The van der Waals surface area contributed by atoms with Crippen LogP contribution in [0.2, 0.25) is 0 Å². The van der Waals surface area contributed by atoms with Crippen LogP contribution < -0.4 is 10.6 Å². The first kappa shape index (κ1) is 16.8. The van der Waals surface area contributed by atoms with Gasteiger partial charge in [0.15, 0.2) is 0 Å². The Balaban J connectivity index is 0.00000180. The maximum Gasteiger partial charge on any atom is 0.220 e. The van der Waals surface area contributed by atoms with E-state index in [2.05, 4.69) is 10.6 Å². The molecule has 1 aliphatic heterocycles. The zero-order valence-corrected chi connectivity index (χ0v) is 12.8. The minimum Gasteiger partial charge on any atom is -0.356 e. The van der Waals surface area contributed by atoms with E-state index in [-0.39, 0.29) is 18.3 Å². The van der Waals surface area contributed by atoms with Crippen molar-refractivity contribution in [3.05, 3.63) is 0 Å². The summed E-state index contributed by atoms with van der Waals surface area (Å²) in [6, 6.07) is 0.642. The van der Waals surface area contributed by atoms with Gasteiger partial charge in [0.25, 0.3) is 0 Å². The third-order valence-corrected chi connectivity index (χ3v) is 4.43. The third kappa shape index (κ3) is 6.62. The Morgan fingerprint density at radius 2 is 1.79 bits per heavy atom. The van der Waals surface area contributed by atoms with Crippen molar-refractivity contribution in [3.8, 4) is 0 Å². The zero-order valence-electron chi connectivity index (χ0n) is 12.0. The molecule has 4 heteroatoms. The second-order valence-corrected chi connectivity index (χ2v) is 5.99. The van der Waals surface area contributed by atoms with E-state index in [9.17, 15) is 4.79 Å². The highest BCUT2D eigenvalue weighted by molar-refractivity contribution is 5.85. The van der Waals surface area contributed by atoms with E-state index in [1.165, 1.54) is 51.4 Å². The van der Waals surface area contributed by atoms with E-state index in [4.69, 9.17) is 0 Å². The van der Waals surface area contributed by atoms with Crippen LogP contribution in [-0.2, 0) is 4.79 Å². The molecule has 112 valence electrons. The van der Waals surface area contributed by atoms with Crippen LogP contribution in [0.1, 0.15) is 64.2 Å². The van der Waals surface area contributed by atoms with Crippen LogP contribution in [0.15, 0.2) is 0 Å². The summed E-state index contributed by atoms with van der Waals surface area (Å²) in [4.78, 5) is 11.9. The normalized spacial score (nSPS) is 24.5. The van der Waals surface area contributed by atoms with Gasteiger partial charge in [0.05, 0.1) is 0 Å². The van der Waals surface area contributed by atoms with Gasteiger partial charge < -0.3 is 10.6 Å². The fourth-order valence-corrected chi connectivity index (χ4v) is 3.29. The van der Waals surface area contributed by atoms with Crippen molar-refractivity contribution >= 4 is 18.3 Å². The molecule has 1 saturated heterocycles. The summed E-state index contributed by atoms with van der Waals surface area (Å²) in [5, 5.41) is 6.57.